The number of piperidine rings is 1. The predicted molar refractivity (Wildman–Crippen MR) is 74.4 cm³/mol. The van der Waals surface area contributed by atoms with Crippen LogP contribution in [0.5, 0.6) is 0 Å². The summed E-state index contributed by atoms with van der Waals surface area (Å²) in [7, 11) is 0. The molecule has 0 unspecified atom stereocenters. The van der Waals surface area contributed by atoms with Crippen molar-refractivity contribution in [1.29, 1.82) is 0 Å². The van der Waals surface area contributed by atoms with Gasteiger partial charge in [0.05, 0.1) is 10.6 Å². The van der Waals surface area contributed by atoms with Crippen LogP contribution in [0.3, 0.4) is 0 Å². The summed E-state index contributed by atoms with van der Waals surface area (Å²) >= 11 is 3.47. The van der Waals surface area contributed by atoms with E-state index in [9.17, 15) is 0 Å². The van der Waals surface area contributed by atoms with Gasteiger partial charge in [-0.3, -0.25) is 5.43 Å². The number of nitrogen functional groups attached to an aromatic ring is 1. The molecule has 0 radical (unpaired) electrons. The second kappa shape index (κ2) is 6.31. The molecule has 1 aliphatic rings. The molecule has 0 spiro atoms. The Morgan fingerprint density at radius 3 is 2.89 bits per heavy atom. The van der Waals surface area contributed by atoms with Crippen molar-refractivity contribution < 1.29 is 4.74 Å². The second-order valence-electron chi connectivity index (χ2n) is 4.15. The molecule has 0 aliphatic carbocycles. The average molecular weight is 316 g/mol. The first-order chi connectivity index (χ1) is 8.74. The highest BCUT2D eigenvalue weighted by Crippen LogP contribution is 2.27. The van der Waals surface area contributed by atoms with Crippen molar-refractivity contribution in [3.8, 4) is 0 Å². The third-order valence-electron chi connectivity index (χ3n) is 3.00. The number of hydrogen-bond acceptors (Lipinski definition) is 6. The molecule has 0 aromatic carbocycles. The first-order valence-electron chi connectivity index (χ1n) is 6.10. The van der Waals surface area contributed by atoms with E-state index in [2.05, 4.69) is 36.2 Å². The molecule has 2 heterocycles. The molecule has 0 atom stereocenters. The molecule has 0 saturated carbocycles. The van der Waals surface area contributed by atoms with E-state index in [1.54, 1.807) is 6.20 Å². The molecular weight excluding hydrogens is 298 g/mol. The lowest BCUT2D eigenvalue weighted by Crippen LogP contribution is -2.37. The van der Waals surface area contributed by atoms with Crippen LogP contribution < -0.4 is 16.2 Å². The number of hydrogen-bond donors (Lipinski definition) is 2. The van der Waals surface area contributed by atoms with E-state index in [-0.39, 0.29) is 0 Å². The highest BCUT2D eigenvalue weighted by atomic mass is 79.9. The van der Waals surface area contributed by atoms with Crippen LogP contribution in [0, 0.1) is 0 Å². The second-order valence-corrected chi connectivity index (χ2v) is 5.01. The molecule has 1 aromatic rings. The maximum Gasteiger partial charge on any atom is 0.239 e. The summed E-state index contributed by atoms with van der Waals surface area (Å²) in [5.41, 5.74) is 2.47. The van der Waals surface area contributed by atoms with Crippen LogP contribution >= 0.6 is 15.9 Å². The Morgan fingerprint density at radius 2 is 2.28 bits per heavy atom. The molecule has 1 saturated heterocycles. The van der Waals surface area contributed by atoms with Crippen LogP contribution in [0.4, 0.5) is 11.8 Å². The standard InChI is InChI=1S/C11H18BrN5O/c1-2-18-8-3-5-17(6-4-8)10-9(12)7-14-11(15-10)16-13/h7-8H,2-6,13H2,1H3,(H,14,15,16). The minimum absolute atomic E-state index is 0.374. The smallest absolute Gasteiger partial charge is 0.239 e. The number of hydrazine groups is 1. The van der Waals surface area contributed by atoms with Crippen LogP contribution in [0.1, 0.15) is 19.8 Å². The molecule has 100 valence electrons. The van der Waals surface area contributed by atoms with Gasteiger partial charge >= 0.3 is 0 Å². The Morgan fingerprint density at radius 1 is 1.56 bits per heavy atom. The highest BCUT2D eigenvalue weighted by Gasteiger charge is 2.22. The zero-order valence-electron chi connectivity index (χ0n) is 10.4. The number of aromatic nitrogens is 2. The topological polar surface area (TPSA) is 76.3 Å². The molecule has 18 heavy (non-hydrogen) atoms. The van der Waals surface area contributed by atoms with E-state index < -0.39 is 0 Å². The Balaban J connectivity index is 2.04. The first kappa shape index (κ1) is 13.5. The Labute approximate surface area is 115 Å². The molecular formula is C11H18BrN5O. The molecule has 0 amide bonds. The number of anilines is 2. The van der Waals surface area contributed by atoms with Gasteiger partial charge < -0.3 is 9.64 Å². The molecule has 6 nitrogen and oxygen atoms in total. The van der Waals surface area contributed by atoms with Crippen LogP contribution in [-0.4, -0.2) is 35.8 Å². The Kier molecular flexibility index (Phi) is 4.73. The fraction of sp³-hybridized carbons (Fsp3) is 0.636. The van der Waals surface area contributed by atoms with Gasteiger partial charge in [-0.25, -0.2) is 10.8 Å². The third-order valence-corrected chi connectivity index (χ3v) is 3.56. The van der Waals surface area contributed by atoms with E-state index in [1.165, 1.54) is 0 Å². The van der Waals surface area contributed by atoms with Gasteiger partial charge in [0, 0.05) is 25.9 Å². The number of ether oxygens (including phenoxy) is 1. The summed E-state index contributed by atoms with van der Waals surface area (Å²) in [5.74, 6) is 6.64. The normalized spacial score (nSPS) is 16.9. The zero-order valence-corrected chi connectivity index (χ0v) is 12.0. The number of nitrogens with zero attached hydrogens (tertiary/aromatic N) is 3. The lowest BCUT2D eigenvalue weighted by molar-refractivity contribution is 0.0458. The molecule has 1 aromatic heterocycles. The predicted octanol–water partition coefficient (Wildman–Crippen LogP) is 1.53. The van der Waals surface area contributed by atoms with Crippen molar-refractivity contribution in [3.63, 3.8) is 0 Å². The minimum atomic E-state index is 0.374. The zero-order chi connectivity index (χ0) is 13.0. The number of nitrogens with one attached hydrogen (secondary N) is 1. The van der Waals surface area contributed by atoms with Crippen LogP contribution in [-0.2, 0) is 4.74 Å². The quantitative estimate of drug-likeness (QED) is 0.648. The van der Waals surface area contributed by atoms with Crippen molar-refractivity contribution in [3.05, 3.63) is 10.7 Å². The largest absolute Gasteiger partial charge is 0.378 e. The molecule has 7 heteroatoms. The SMILES string of the molecule is CCOC1CCN(c2nc(NN)ncc2Br)CC1. The van der Waals surface area contributed by atoms with Gasteiger partial charge in [0.1, 0.15) is 5.82 Å². The van der Waals surface area contributed by atoms with E-state index in [4.69, 9.17) is 10.6 Å². The van der Waals surface area contributed by atoms with Crippen LogP contribution in [0.15, 0.2) is 10.7 Å². The summed E-state index contributed by atoms with van der Waals surface area (Å²) in [6, 6.07) is 0. The Hall–Kier alpha value is -0.920. The minimum Gasteiger partial charge on any atom is -0.378 e. The van der Waals surface area contributed by atoms with E-state index >= 15 is 0 Å². The number of rotatable bonds is 4. The van der Waals surface area contributed by atoms with E-state index in [0.717, 1.165) is 42.8 Å². The number of nitrogens with two attached hydrogens (primary N) is 1. The van der Waals surface area contributed by atoms with Gasteiger partial charge in [-0.05, 0) is 35.7 Å². The van der Waals surface area contributed by atoms with Crippen molar-refractivity contribution in [2.75, 3.05) is 30.0 Å². The van der Waals surface area contributed by atoms with Crippen molar-refractivity contribution in [2.24, 2.45) is 5.84 Å². The molecule has 2 rings (SSSR count). The molecule has 3 N–H and O–H groups in total. The fourth-order valence-corrected chi connectivity index (χ4v) is 2.56. The van der Waals surface area contributed by atoms with Crippen LogP contribution in [0.25, 0.3) is 0 Å². The summed E-state index contributed by atoms with van der Waals surface area (Å²) in [5, 5.41) is 0. The lowest BCUT2D eigenvalue weighted by atomic mass is 10.1. The summed E-state index contributed by atoms with van der Waals surface area (Å²) in [6.45, 7) is 4.68. The van der Waals surface area contributed by atoms with Gasteiger partial charge in [0.2, 0.25) is 5.95 Å². The van der Waals surface area contributed by atoms with Crippen molar-refractivity contribution in [2.45, 2.75) is 25.9 Å². The van der Waals surface area contributed by atoms with Gasteiger partial charge in [-0.1, -0.05) is 0 Å². The average Bonchev–Trinajstić information content (AvgIpc) is 2.41. The summed E-state index contributed by atoms with van der Waals surface area (Å²) in [4.78, 5) is 10.7. The summed E-state index contributed by atoms with van der Waals surface area (Å²) in [6.07, 6.45) is 4.14. The van der Waals surface area contributed by atoms with E-state index in [1.807, 2.05) is 6.92 Å². The van der Waals surface area contributed by atoms with Crippen molar-refractivity contribution in [1.82, 2.24) is 9.97 Å². The molecule has 1 fully saturated rings. The van der Waals surface area contributed by atoms with Gasteiger partial charge in [0.25, 0.3) is 0 Å². The third kappa shape index (κ3) is 3.09. The van der Waals surface area contributed by atoms with Crippen molar-refractivity contribution >= 4 is 27.7 Å². The van der Waals surface area contributed by atoms with Gasteiger partial charge in [-0.15, -0.1) is 0 Å². The molecule has 1 aliphatic heterocycles. The van der Waals surface area contributed by atoms with Crippen LogP contribution in [0.2, 0.25) is 0 Å². The monoisotopic (exact) mass is 315 g/mol. The fourth-order valence-electron chi connectivity index (χ4n) is 2.12. The van der Waals surface area contributed by atoms with Gasteiger partial charge in [-0.2, -0.15) is 4.98 Å². The lowest BCUT2D eigenvalue weighted by Gasteiger charge is -2.33. The Bertz CT molecular complexity index is 395. The molecule has 0 bridgehead atoms. The van der Waals surface area contributed by atoms with Gasteiger partial charge in [0.15, 0.2) is 0 Å². The maximum atomic E-state index is 5.64. The first-order valence-corrected chi connectivity index (χ1v) is 6.89. The highest BCUT2D eigenvalue weighted by molar-refractivity contribution is 9.10. The maximum absolute atomic E-state index is 5.64. The number of halogens is 1. The van der Waals surface area contributed by atoms with E-state index in [0.29, 0.717) is 12.1 Å². The summed E-state index contributed by atoms with van der Waals surface area (Å²) < 4.78 is 6.52.